The quantitative estimate of drug-likeness (QED) is 0.679. The highest BCUT2D eigenvalue weighted by Gasteiger charge is 2.21. The first-order valence-electron chi connectivity index (χ1n) is 8.31. The van der Waals surface area contributed by atoms with E-state index < -0.39 is 0 Å². The Labute approximate surface area is 147 Å². The topological polar surface area (TPSA) is 97.1 Å². The van der Waals surface area contributed by atoms with Crippen molar-refractivity contribution in [3.05, 3.63) is 66.0 Å². The molecule has 2 aromatic rings. The van der Waals surface area contributed by atoms with Crippen molar-refractivity contribution in [1.29, 1.82) is 0 Å². The molecular formula is C19H24N4O2. The predicted molar refractivity (Wildman–Crippen MR) is 96.2 cm³/mol. The summed E-state index contributed by atoms with van der Waals surface area (Å²) in [4.78, 5) is 28.0. The van der Waals surface area contributed by atoms with Gasteiger partial charge in [0.05, 0.1) is 5.92 Å². The number of nitrogens with one attached hydrogen (secondary N) is 2. The standard InChI is InChI=1S/C19H24N4O2/c1-14(18(20)16-7-3-2-4-8-16)19(25)22-11-9-17(24)23-13-15-6-5-10-21-12-15/h2-8,10,12,14,18H,9,11,13,20H2,1H3,(H,22,25)(H,23,24). The largest absolute Gasteiger partial charge is 0.355 e. The Kier molecular flexibility index (Phi) is 7.10. The fraction of sp³-hybridized carbons (Fsp3) is 0.316. The highest BCUT2D eigenvalue weighted by atomic mass is 16.2. The van der Waals surface area contributed by atoms with Gasteiger partial charge in [-0.15, -0.1) is 0 Å². The Balaban J connectivity index is 1.69. The lowest BCUT2D eigenvalue weighted by atomic mass is 9.95. The third kappa shape index (κ3) is 6.00. The summed E-state index contributed by atoms with van der Waals surface area (Å²) in [5.41, 5.74) is 7.99. The Morgan fingerprint density at radius 1 is 1.12 bits per heavy atom. The van der Waals surface area contributed by atoms with Crippen LogP contribution in [0.5, 0.6) is 0 Å². The van der Waals surface area contributed by atoms with Crippen LogP contribution in [0.2, 0.25) is 0 Å². The fourth-order valence-electron chi connectivity index (χ4n) is 2.38. The van der Waals surface area contributed by atoms with Crippen LogP contribution in [0.4, 0.5) is 0 Å². The molecule has 0 fully saturated rings. The van der Waals surface area contributed by atoms with Crippen molar-refractivity contribution in [2.75, 3.05) is 6.54 Å². The molecule has 0 aliphatic heterocycles. The minimum absolute atomic E-state index is 0.121. The average Bonchev–Trinajstić information content (AvgIpc) is 2.66. The number of nitrogens with zero attached hydrogens (tertiary/aromatic N) is 1. The number of nitrogens with two attached hydrogens (primary N) is 1. The number of benzene rings is 1. The van der Waals surface area contributed by atoms with E-state index in [1.54, 1.807) is 19.3 Å². The highest BCUT2D eigenvalue weighted by Crippen LogP contribution is 2.18. The van der Waals surface area contributed by atoms with E-state index in [9.17, 15) is 9.59 Å². The van der Waals surface area contributed by atoms with Crippen LogP contribution in [0.1, 0.15) is 30.5 Å². The molecule has 4 N–H and O–H groups in total. The summed E-state index contributed by atoms with van der Waals surface area (Å²) < 4.78 is 0. The lowest BCUT2D eigenvalue weighted by Crippen LogP contribution is -2.37. The molecule has 0 spiro atoms. The molecule has 0 aliphatic carbocycles. The van der Waals surface area contributed by atoms with Crippen LogP contribution >= 0.6 is 0 Å². The van der Waals surface area contributed by atoms with E-state index in [1.165, 1.54) is 0 Å². The van der Waals surface area contributed by atoms with Gasteiger partial charge in [0.2, 0.25) is 11.8 Å². The summed E-state index contributed by atoms with van der Waals surface area (Å²) in [7, 11) is 0. The smallest absolute Gasteiger partial charge is 0.224 e. The van der Waals surface area contributed by atoms with Gasteiger partial charge in [-0.2, -0.15) is 0 Å². The van der Waals surface area contributed by atoms with Crippen molar-refractivity contribution in [3.8, 4) is 0 Å². The van der Waals surface area contributed by atoms with E-state index in [1.807, 2.05) is 42.5 Å². The SMILES string of the molecule is CC(C(=O)NCCC(=O)NCc1cccnc1)C(N)c1ccccc1. The van der Waals surface area contributed by atoms with Crippen LogP contribution in [-0.2, 0) is 16.1 Å². The summed E-state index contributed by atoms with van der Waals surface area (Å²) >= 11 is 0. The summed E-state index contributed by atoms with van der Waals surface area (Å²) in [6.07, 6.45) is 3.61. The van der Waals surface area contributed by atoms with Gasteiger partial charge in [0.15, 0.2) is 0 Å². The summed E-state index contributed by atoms with van der Waals surface area (Å²) in [5.74, 6) is -0.651. The molecule has 1 aromatic carbocycles. The van der Waals surface area contributed by atoms with Gasteiger partial charge in [-0.3, -0.25) is 14.6 Å². The van der Waals surface area contributed by atoms with Crippen LogP contribution < -0.4 is 16.4 Å². The van der Waals surface area contributed by atoms with E-state index in [0.29, 0.717) is 6.54 Å². The zero-order valence-electron chi connectivity index (χ0n) is 14.3. The number of rotatable bonds is 8. The molecule has 2 atom stereocenters. The maximum absolute atomic E-state index is 12.2. The molecule has 2 unspecified atom stereocenters. The van der Waals surface area contributed by atoms with Crippen molar-refractivity contribution in [2.24, 2.45) is 11.7 Å². The first kappa shape index (κ1) is 18.6. The number of carbonyl (C=O) groups is 2. The van der Waals surface area contributed by atoms with Gasteiger partial charge in [0, 0.05) is 37.9 Å². The molecule has 0 radical (unpaired) electrons. The number of pyridine rings is 1. The van der Waals surface area contributed by atoms with Crippen molar-refractivity contribution < 1.29 is 9.59 Å². The molecule has 25 heavy (non-hydrogen) atoms. The fourth-order valence-corrected chi connectivity index (χ4v) is 2.38. The lowest BCUT2D eigenvalue weighted by Gasteiger charge is -2.19. The van der Waals surface area contributed by atoms with Gasteiger partial charge in [-0.1, -0.05) is 43.3 Å². The van der Waals surface area contributed by atoms with Gasteiger partial charge < -0.3 is 16.4 Å². The van der Waals surface area contributed by atoms with E-state index in [-0.39, 0.29) is 36.7 Å². The number of hydrogen-bond donors (Lipinski definition) is 3. The molecule has 0 aliphatic rings. The molecule has 2 rings (SSSR count). The van der Waals surface area contributed by atoms with Crippen LogP contribution in [0, 0.1) is 5.92 Å². The second-order valence-electron chi connectivity index (χ2n) is 5.90. The maximum atomic E-state index is 12.2. The van der Waals surface area contributed by atoms with Crippen molar-refractivity contribution in [1.82, 2.24) is 15.6 Å². The number of aromatic nitrogens is 1. The van der Waals surface area contributed by atoms with Crippen LogP contribution in [0.3, 0.4) is 0 Å². The second kappa shape index (κ2) is 9.54. The number of carbonyl (C=O) groups excluding carboxylic acids is 2. The van der Waals surface area contributed by atoms with Crippen molar-refractivity contribution in [3.63, 3.8) is 0 Å². The van der Waals surface area contributed by atoms with Crippen molar-refractivity contribution in [2.45, 2.75) is 25.9 Å². The molecule has 0 saturated heterocycles. The monoisotopic (exact) mass is 340 g/mol. The van der Waals surface area contributed by atoms with E-state index >= 15 is 0 Å². The minimum Gasteiger partial charge on any atom is -0.355 e. The Morgan fingerprint density at radius 2 is 1.88 bits per heavy atom. The van der Waals surface area contributed by atoms with E-state index in [2.05, 4.69) is 15.6 Å². The molecule has 0 bridgehead atoms. The molecule has 2 amide bonds. The second-order valence-corrected chi connectivity index (χ2v) is 5.90. The van der Waals surface area contributed by atoms with Crippen LogP contribution in [0.15, 0.2) is 54.9 Å². The summed E-state index contributed by atoms with van der Waals surface area (Å²) in [6, 6.07) is 12.8. The zero-order chi connectivity index (χ0) is 18.1. The maximum Gasteiger partial charge on any atom is 0.224 e. The summed E-state index contributed by atoms with van der Waals surface area (Å²) in [6.45, 7) is 2.49. The first-order chi connectivity index (χ1) is 12.1. The normalized spacial score (nSPS) is 12.9. The molecule has 0 saturated carbocycles. The third-order valence-corrected chi connectivity index (χ3v) is 4.00. The van der Waals surface area contributed by atoms with Crippen LogP contribution in [0.25, 0.3) is 0 Å². The zero-order valence-corrected chi connectivity index (χ0v) is 14.3. The molecule has 132 valence electrons. The number of amides is 2. The predicted octanol–water partition coefficient (Wildman–Crippen LogP) is 1.54. The first-order valence-corrected chi connectivity index (χ1v) is 8.31. The van der Waals surface area contributed by atoms with Gasteiger partial charge in [0.1, 0.15) is 0 Å². The third-order valence-electron chi connectivity index (χ3n) is 4.00. The Hall–Kier alpha value is -2.73. The van der Waals surface area contributed by atoms with Gasteiger partial charge in [-0.05, 0) is 17.2 Å². The highest BCUT2D eigenvalue weighted by molar-refractivity contribution is 5.80. The van der Waals surface area contributed by atoms with E-state index in [0.717, 1.165) is 11.1 Å². The van der Waals surface area contributed by atoms with Gasteiger partial charge in [-0.25, -0.2) is 0 Å². The van der Waals surface area contributed by atoms with Gasteiger partial charge in [0.25, 0.3) is 0 Å². The molecule has 1 aromatic heterocycles. The minimum atomic E-state index is -0.374. The van der Waals surface area contributed by atoms with Crippen molar-refractivity contribution >= 4 is 11.8 Å². The molecule has 1 heterocycles. The van der Waals surface area contributed by atoms with Gasteiger partial charge >= 0.3 is 0 Å². The summed E-state index contributed by atoms with van der Waals surface area (Å²) in [5, 5.41) is 5.57. The molecule has 6 heteroatoms. The average molecular weight is 340 g/mol. The Morgan fingerprint density at radius 3 is 2.56 bits per heavy atom. The van der Waals surface area contributed by atoms with E-state index in [4.69, 9.17) is 5.73 Å². The van der Waals surface area contributed by atoms with Crippen LogP contribution in [-0.4, -0.2) is 23.3 Å². The Bertz CT molecular complexity index is 676. The number of hydrogen-bond acceptors (Lipinski definition) is 4. The lowest BCUT2D eigenvalue weighted by molar-refractivity contribution is -0.125. The molecular weight excluding hydrogens is 316 g/mol. The molecule has 6 nitrogen and oxygen atoms in total.